The second-order valence-corrected chi connectivity index (χ2v) is 9.26. The van der Waals surface area contributed by atoms with Crippen LogP contribution in [0, 0.1) is 12.8 Å². The molecule has 1 atom stereocenters. The predicted molar refractivity (Wildman–Crippen MR) is 123 cm³/mol. The lowest BCUT2D eigenvalue weighted by atomic mass is 9.84. The summed E-state index contributed by atoms with van der Waals surface area (Å²) in [5.74, 6) is 1.87. The maximum atomic E-state index is 15.8. The number of benzene rings is 2. The SMILES string of the molecule is Cc1nc(-c2ccccc2C(C)(F)C(C)C)n(-c2c(C(C)C)cccc2C(C)C)n1. The standard InChI is InChI=1S/C26H34FN3/c1-16(2)20-13-11-14-21(17(3)4)24(20)30-25(28-19(7)29-30)22-12-9-10-15-23(22)26(8,27)18(5)6/h9-18H,1-8H3. The minimum atomic E-state index is -1.47. The van der Waals surface area contributed by atoms with Gasteiger partial charge in [-0.15, -0.1) is 0 Å². The molecule has 3 nitrogen and oxygen atoms in total. The van der Waals surface area contributed by atoms with E-state index in [4.69, 9.17) is 10.1 Å². The Kier molecular flexibility index (Phi) is 6.16. The molecular weight excluding hydrogens is 373 g/mol. The fourth-order valence-electron chi connectivity index (χ4n) is 3.92. The lowest BCUT2D eigenvalue weighted by Gasteiger charge is -2.28. The molecule has 3 aromatic rings. The van der Waals surface area contributed by atoms with Gasteiger partial charge in [-0.1, -0.05) is 84.0 Å². The third-order valence-corrected chi connectivity index (χ3v) is 6.05. The van der Waals surface area contributed by atoms with Crippen LogP contribution in [-0.4, -0.2) is 14.8 Å². The largest absolute Gasteiger partial charge is 0.239 e. The van der Waals surface area contributed by atoms with Gasteiger partial charge in [0.15, 0.2) is 5.82 Å². The van der Waals surface area contributed by atoms with Crippen molar-refractivity contribution >= 4 is 0 Å². The highest BCUT2D eigenvalue weighted by Gasteiger charge is 2.34. The van der Waals surface area contributed by atoms with Crippen molar-refractivity contribution in [2.24, 2.45) is 5.92 Å². The predicted octanol–water partition coefficient (Wildman–Crippen LogP) is 7.33. The van der Waals surface area contributed by atoms with Crippen LogP contribution in [0.4, 0.5) is 4.39 Å². The number of nitrogens with zero attached hydrogens (tertiary/aromatic N) is 3. The maximum Gasteiger partial charge on any atom is 0.163 e. The van der Waals surface area contributed by atoms with Crippen molar-refractivity contribution in [3.05, 3.63) is 65.0 Å². The third kappa shape index (κ3) is 3.92. The molecule has 2 aromatic carbocycles. The Hall–Kier alpha value is -2.49. The summed E-state index contributed by atoms with van der Waals surface area (Å²) in [5.41, 5.74) is 3.48. The van der Waals surface area contributed by atoms with Crippen molar-refractivity contribution in [3.63, 3.8) is 0 Å². The van der Waals surface area contributed by atoms with E-state index in [2.05, 4.69) is 45.9 Å². The molecule has 1 heterocycles. The molecule has 0 bridgehead atoms. The van der Waals surface area contributed by atoms with E-state index in [-0.39, 0.29) is 5.92 Å². The van der Waals surface area contributed by atoms with Crippen molar-refractivity contribution in [3.8, 4) is 17.1 Å². The summed E-state index contributed by atoms with van der Waals surface area (Å²) < 4.78 is 17.7. The van der Waals surface area contributed by atoms with Crippen LogP contribution >= 0.6 is 0 Å². The fraction of sp³-hybridized carbons (Fsp3) is 0.462. The zero-order valence-electron chi connectivity index (χ0n) is 19.5. The van der Waals surface area contributed by atoms with Crippen LogP contribution in [-0.2, 0) is 5.67 Å². The molecule has 0 amide bonds. The number of rotatable bonds is 6. The lowest BCUT2D eigenvalue weighted by molar-refractivity contribution is 0.124. The van der Waals surface area contributed by atoms with Crippen molar-refractivity contribution < 1.29 is 4.39 Å². The first-order valence-corrected chi connectivity index (χ1v) is 10.9. The van der Waals surface area contributed by atoms with E-state index >= 15 is 4.39 Å². The van der Waals surface area contributed by atoms with Crippen LogP contribution in [0.25, 0.3) is 17.1 Å². The normalized spacial score (nSPS) is 14.0. The Labute approximate surface area is 180 Å². The number of halogens is 1. The number of aryl methyl sites for hydroxylation is 1. The molecule has 0 saturated heterocycles. The first-order chi connectivity index (χ1) is 14.1. The third-order valence-electron chi connectivity index (χ3n) is 6.05. The molecule has 3 rings (SSSR count). The van der Waals surface area contributed by atoms with E-state index in [1.807, 2.05) is 49.7 Å². The molecule has 30 heavy (non-hydrogen) atoms. The summed E-state index contributed by atoms with van der Waals surface area (Å²) in [7, 11) is 0. The Bertz CT molecular complexity index is 1000. The zero-order chi connectivity index (χ0) is 22.2. The average Bonchev–Trinajstić information content (AvgIpc) is 3.08. The first kappa shape index (κ1) is 22.2. The molecule has 0 aliphatic carbocycles. The zero-order valence-corrected chi connectivity index (χ0v) is 19.5. The van der Waals surface area contributed by atoms with Gasteiger partial charge < -0.3 is 0 Å². The average molecular weight is 408 g/mol. The van der Waals surface area contributed by atoms with Crippen LogP contribution in [0.3, 0.4) is 0 Å². The highest BCUT2D eigenvalue weighted by Crippen LogP contribution is 2.40. The molecule has 0 aliphatic heterocycles. The molecule has 0 aliphatic rings. The van der Waals surface area contributed by atoms with Crippen molar-refractivity contribution in [2.75, 3.05) is 0 Å². The highest BCUT2D eigenvalue weighted by atomic mass is 19.1. The highest BCUT2D eigenvalue weighted by molar-refractivity contribution is 5.66. The van der Waals surface area contributed by atoms with Crippen LogP contribution in [0.15, 0.2) is 42.5 Å². The molecule has 160 valence electrons. The van der Waals surface area contributed by atoms with Crippen molar-refractivity contribution in [2.45, 2.75) is 72.9 Å². The van der Waals surface area contributed by atoms with Gasteiger partial charge in [0.2, 0.25) is 0 Å². The molecule has 0 radical (unpaired) electrons. The minimum Gasteiger partial charge on any atom is -0.239 e. The molecule has 1 unspecified atom stereocenters. The number of alkyl halides is 1. The summed E-state index contributed by atoms with van der Waals surface area (Å²) in [6, 6.07) is 14.1. The van der Waals surface area contributed by atoms with Crippen LogP contribution < -0.4 is 0 Å². The van der Waals surface area contributed by atoms with E-state index in [0.717, 1.165) is 11.3 Å². The minimum absolute atomic E-state index is 0.162. The number of aromatic nitrogens is 3. The van der Waals surface area contributed by atoms with E-state index in [0.29, 0.717) is 29.0 Å². The van der Waals surface area contributed by atoms with E-state index in [1.54, 1.807) is 6.92 Å². The monoisotopic (exact) mass is 407 g/mol. The summed E-state index contributed by atoms with van der Waals surface area (Å²) >= 11 is 0. The van der Waals surface area contributed by atoms with Crippen LogP contribution in [0.2, 0.25) is 0 Å². The fourth-order valence-corrected chi connectivity index (χ4v) is 3.92. The number of hydrogen-bond acceptors (Lipinski definition) is 2. The molecular formula is C26H34FN3. The van der Waals surface area contributed by atoms with Crippen LogP contribution in [0.1, 0.15) is 82.8 Å². The topological polar surface area (TPSA) is 30.7 Å². The van der Waals surface area contributed by atoms with Gasteiger partial charge in [-0.3, -0.25) is 0 Å². The van der Waals surface area contributed by atoms with Gasteiger partial charge >= 0.3 is 0 Å². The smallest absolute Gasteiger partial charge is 0.163 e. The second kappa shape index (κ2) is 8.33. The quantitative estimate of drug-likeness (QED) is 0.428. The molecule has 0 saturated carbocycles. The molecule has 1 aromatic heterocycles. The lowest BCUT2D eigenvalue weighted by Crippen LogP contribution is -2.24. The molecule has 4 heteroatoms. The number of para-hydroxylation sites is 1. The van der Waals surface area contributed by atoms with Gasteiger partial charge in [-0.05, 0) is 48.3 Å². The van der Waals surface area contributed by atoms with E-state index in [9.17, 15) is 0 Å². The number of hydrogen-bond donors (Lipinski definition) is 0. The van der Waals surface area contributed by atoms with Gasteiger partial charge in [0, 0.05) is 5.56 Å². The molecule has 0 N–H and O–H groups in total. The van der Waals surface area contributed by atoms with Gasteiger partial charge in [-0.25, -0.2) is 14.1 Å². The van der Waals surface area contributed by atoms with Gasteiger partial charge in [0.1, 0.15) is 11.5 Å². The summed E-state index contributed by atoms with van der Waals surface area (Å²) in [6.45, 7) is 16.2. The second-order valence-electron chi connectivity index (χ2n) is 9.26. The van der Waals surface area contributed by atoms with Crippen LogP contribution in [0.5, 0.6) is 0 Å². The van der Waals surface area contributed by atoms with Gasteiger partial charge in [0.05, 0.1) is 5.69 Å². The summed E-state index contributed by atoms with van der Waals surface area (Å²) in [6.07, 6.45) is 0. The Balaban J connectivity index is 2.36. The Morgan fingerprint density at radius 1 is 0.867 bits per heavy atom. The Morgan fingerprint density at radius 3 is 1.97 bits per heavy atom. The molecule has 0 fully saturated rings. The van der Waals surface area contributed by atoms with E-state index in [1.165, 1.54) is 11.1 Å². The van der Waals surface area contributed by atoms with Gasteiger partial charge in [-0.2, -0.15) is 5.10 Å². The first-order valence-electron chi connectivity index (χ1n) is 10.9. The van der Waals surface area contributed by atoms with Crippen molar-refractivity contribution in [1.82, 2.24) is 14.8 Å². The van der Waals surface area contributed by atoms with E-state index < -0.39 is 5.67 Å². The maximum absolute atomic E-state index is 15.8. The van der Waals surface area contributed by atoms with Crippen molar-refractivity contribution in [1.29, 1.82) is 0 Å². The van der Waals surface area contributed by atoms with Gasteiger partial charge in [0.25, 0.3) is 0 Å². The molecule has 0 spiro atoms. The Morgan fingerprint density at radius 2 is 1.43 bits per heavy atom. The summed E-state index contributed by atoms with van der Waals surface area (Å²) in [4.78, 5) is 4.78. The summed E-state index contributed by atoms with van der Waals surface area (Å²) in [5, 5.41) is 4.79.